The summed E-state index contributed by atoms with van der Waals surface area (Å²) in [5, 5.41) is 13.7. The number of rotatable bonds is 6. The fraction of sp³-hybridized carbons (Fsp3) is 0.444. The van der Waals surface area contributed by atoms with Gasteiger partial charge in [0.15, 0.2) is 0 Å². The fourth-order valence-electron chi connectivity index (χ4n) is 2.68. The standard InChI is InChI=1S/C18H22N2O3S/c1-3-23-14-7-5-13(6-8-14)17-20-12(2)15(24-17)16(21)19-11-18(22)9-4-10-18/h5-8,22H,3-4,9-11H2,1-2H3,(H,19,21). The van der Waals surface area contributed by atoms with Gasteiger partial charge in [-0.15, -0.1) is 11.3 Å². The van der Waals surface area contributed by atoms with Crippen molar-refractivity contribution in [1.29, 1.82) is 0 Å². The van der Waals surface area contributed by atoms with Crippen molar-refractivity contribution in [2.75, 3.05) is 13.2 Å². The van der Waals surface area contributed by atoms with Crippen molar-refractivity contribution in [1.82, 2.24) is 10.3 Å². The van der Waals surface area contributed by atoms with Crippen LogP contribution in [0.4, 0.5) is 0 Å². The van der Waals surface area contributed by atoms with Crippen LogP contribution in [0.5, 0.6) is 5.75 Å². The van der Waals surface area contributed by atoms with Crippen LogP contribution >= 0.6 is 11.3 Å². The van der Waals surface area contributed by atoms with Gasteiger partial charge in [0.2, 0.25) is 0 Å². The largest absolute Gasteiger partial charge is 0.494 e. The minimum atomic E-state index is -0.716. The molecule has 5 nitrogen and oxygen atoms in total. The molecule has 0 atom stereocenters. The first-order chi connectivity index (χ1) is 11.5. The fourth-order valence-corrected chi connectivity index (χ4v) is 3.67. The number of hydrogen-bond acceptors (Lipinski definition) is 5. The molecule has 2 aromatic rings. The summed E-state index contributed by atoms with van der Waals surface area (Å²) < 4.78 is 5.44. The van der Waals surface area contributed by atoms with Gasteiger partial charge in [-0.1, -0.05) is 0 Å². The molecule has 6 heteroatoms. The Hall–Kier alpha value is -1.92. The highest BCUT2D eigenvalue weighted by atomic mass is 32.1. The monoisotopic (exact) mass is 346 g/mol. The predicted octanol–water partition coefficient (Wildman–Crippen LogP) is 3.16. The number of benzene rings is 1. The Morgan fingerprint density at radius 1 is 1.38 bits per heavy atom. The summed E-state index contributed by atoms with van der Waals surface area (Å²) in [6.07, 6.45) is 2.53. The average Bonchev–Trinajstić information content (AvgIpc) is 2.94. The number of ether oxygens (including phenoxy) is 1. The number of aromatic nitrogens is 1. The quantitative estimate of drug-likeness (QED) is 0.843. The van der Waals surface area contributed by atoms with E-state index < -0.39 is 5.60 Å². The zero-order valence-electron chi connectivity index (χ0n) is 14.0. The van der Waals surface area contributed by atoms with Gasteiger partial charge in [0, 0.05) is 12.1 Å². The molecule has 0 bridgehead atoms. The zero-order valence-corrected chi connectivity index (χ0v) is 14.8. The minimum absolute atomic E-state index is 0.164. The number of hydrogen-bond donors (Lipinski definition) is 2. The SMILES string of the molecule is CCOc1ccc(-c2nc(C)c(C(=O)NCC3(O)CCC3)s2)cc1. The van der Waals surface area contributed by atoms with Crippen LogP contribution in [0.2, 0.25) is 0 Å². The van der Waals surface area contributed by atoms with E-state index in [4.69, 9.17) is 4.74 Å². The Bertz CT molecular complexity index is 720. The lowest BCUT2D eigenvalue weighted by molar-refractivity contribution is -0.0300. The molecule has 1 amide bonds. The van der Waals surface area contributed by atoms with E-state index in [1.165, 1.54) is 11.3 Å². The van der Waals surface area contributed by atoms with Gasteiger partial charge in [0.05, 0.1) is 17.9 Å². The molecule has 0 radical (unpaired) electrons. The van der Waals surface area contributed by atoms with Crippen molar-refractivity contribution in [3.8, 4) is 16.3 Å². The third kappa shape index (κ3) is 3.60. The number of nitrogens with one attached hydrogen (secondary N) is 1. The van der Waals surface area contributed by atoms with Crippen LogP contribution in [0.3, 0.4) is 0 Å². The van der Waals surface area contributed by atoms with Gasteiger partial charge in [0.25, 0.3) is 5.91 Å². The average molecular weight is 346 g/mol. The molecule has 2 N–H and O–H groups in total. The summed E-state index contributed by atoms with van der Waals surface area (Å²) in [5.74, 6) is 0.656. The number of nitrogens with zero attached hydrogens (tertiary/aromatic N) is 1. The molecule has 1 aromatic heterocycles. The smallest absolute Gasteiger partial charge is 0.263 e. The molecule has 128 valence electrons. The highest BCUT2D eigenvalue weighted by Gasteiger charge is 2.34. The van der Waals surface area contributed by atoms with Crippen LogP contribution in [0.15, 0.2) is 24.3 Å². The van der Waals surface area contributed by atoms with E-state index in [0.717, 1.165) is 35.6 Å². The molecule has 24 heavy (non-hydrogen) atoms. The predicted molar refractivity (Wildman–Crippen MR) is 94.6 cm³/mol. The lowest BCUT2D eigenvalue weighted by Crippen LogP contribution is -2.47. The van der Waals surface area contributed by atoms with Gasteiger partial charge in [-0.05, 0) is 57.4 Å². The van der Waals surface area contributed by atoms with E-state index in [9.17, 15) is 9.90 Å². The maximum absolute atomic E-state index is 12.4. The molecule has 1 aromatic carbocycles. The van der Waals surface area contributed by atoms with Gasteiger partial charge in [0.1, 0.15) is 15.6 Å². The molecule has 3 rings (SSSR count). The molecule has 0 aliphatic heterocycles. The molecular formula is C18H22N2O3S. The Morgan fingerprint density at radius 2 is 2.08 bits per heavy atom. The van der Waals surface area contributed by atoms with E-state index in [-0.39, 0.29) is 5.91 Å². The van der Waals surface area contributed by atoms with E-state index in [2.05, 4.69) is 10.3 Å². The number of carbonyl (C=O) groups is 1. The number of carbonyl (C=O) groups excluding carboxylic acids is 1. The summed E-state index contributed by atoms with van der Waals surface area (Å²) in [6, 6.07) is 7.70. The highest BCUT2D eigenvalue weighted by Crippen LogP contribution is 2.32. The first kappa shape index (κ1) is 16.9. The number of amides is 1. The minimum Gasteiger partial charge on any atom is -0.494 e. The van der Waals surface area contributed by atoms with Crippen LogP contribution < -0.4 is 10.1 Å². The second kappa shape index (κ2) is 6.91. The first-order valence-corrected chi connectivity index (χ1v) is 9.04. The second-order valence-corrected chi connectivity index (χ2v) is 7.15. The highest BCUT2D eigenvalue weighted by molar-refractivity contribution is 7.17. The van der Waals surface area contributed by atoms with E-state index in [0.29, 0.717) is 23.7 Å². The van der Waals surface area contributed by atoms with Crippen LogP contribution in [0, 0.1) is 6.92 Å². The molecule has 1 heterocycles. The second-order valence-electron chi connectivity index (χ2n) is 6.15. The lowest BCUT2D eigenvalue weighted by atomic mass is 9.80. The van der Waals surface area contributed by atoms with Crippen molar-refractivity contribution >= 4 is 17.2 Å². The van der Waals surface area contributed by atoms with Gasteiger partial charge in [-0.25, -0.2) is 4.98 Å². The number of aliphatic hydroxyl groups is 1. The maximum atomic E-state index is 12.4. The normalized spacial score (nSPS) is 15.6. The summed E-state index contributed by atoms with van der Waals surface area (Å²) in [6.45, 7) is 4.72. The first-order valence-electron chi connectivity index (χ1n) is 8.22. The van der Waals surface area contributed by atoms with Crippen LogP contribution in [0.25, 0.3) is 10.6 Å². The zero-order chi connectivity index (χ0) is 17.2. The van der Waals surface area contributed by atoms with E-state index in [1.807, 2.05) is 38.1 Å². The molecule has 1 saturated carbocycles. The molecule has 0 saturated heterocycles. The van der Waals surface area contributed by atoms with Crippen LogP contribution in [0.1, 0.15) is 41.6 Å². The molecule has 1 fully saturated rings. The topological polar surface area (TPSA) is 71.5 Å². The van der Waals surface area contributed by atoms with Crippen molar-refractivity contribution in [2.24, 2.45) is 0 Å². The van der Waals surface area contributed by atoms with Crippen LogP contribution in [-0.2, 0) is 0 Å². The molecule has 0 unspecified atom stereocenters. The molecule has 0 spiro atoms. The summed E-state index contributed by atoms with van der Waals surface area (Å²) in [4.78, 5) is 17.5. The number of thiazole rings is 1. The van der Waals surface area contributed by atoms with E-state index >= 15 is 0 Å². The number of aryl methyl sites for hydroxylation is 1. The van der Waals surface area contributed by atoms with Crippen LogP contribution in [-0.4, -0.2) is 34.8 Å². The van der Waals surface area contributed by atoms with Gasteiger partial charge < -0.3 is 15.2 Å². The molecule has 1 aliphatic carbocycles. The van der Waals surface area contributed by atoms with Crippen molar-refractivity contribution in [2.45, 2.75) is 38.7 Å². The Morgan fingerprint density at radius 3 is 2.67 bits per heavy atom. The third-order valence-corrected chi connectivity index (χ3v) is 5.48. The molecule has 1 aliphatic rings. The van der Waals surface area contributed by atoms with E-state index in [1.54, 1.807) is 0 Å². The Labute approximate surface area is 145 Å². The van der Waals surface area contributed by atoms with Crippen molar-refractivity contribution < 1.29 is 14.6 Å². The van der Waals surface area contributed by atoms with Gasteiger partial charge in [-0.2, -0.15) is 0 Å². The Balaban J connectivity index is 1.70. The molecular weight excluding hydrogens is 324 g/mol. The van der Waals surface area contributed by atoms with Gasteiger partial charge in [-0.3, -0.25) is 4.79 Å². The lowest BCUT2D eigenvalue weighted by Gasteiger charge is -2.36. The van der Waals surface area contributed by atoms with Crippen molar-refractivity contribution in [3.63, 3.8) is 0 Å². The van der Waals surface area contributed by atoms with Gasteiger partial charge >= 0.3 is 0 Å². The maximum Gasteiger partial charge on any atom is 0.263 e. The van der Waals surface area contributed by atoms with Crippen molar-refractivity contribution in [3.05, 3.63) is 34.8 Å². The third-order valence-electron chi connectivity index (χ3n) is 4.28. The summed E-state index contributed by atoms with van der Waals surface area (Å²) in [5.41, 5.74) is 0.955. The summed E-state index contributed by atoms with van der Waals surface area (Å²) >= 11 is 1.37. The Kier molecular flexibility index (Phi) is 4.87. The summed E-state index contributed by atoms with van der Waals surface area (Å²) in [7, 11) is 0.